The molecule has 1 aromatic heterocycles. The lowest BCUT2D eigenvalue weighted by atomic mass is 9.96. The molecule has 2 aromatic rings. The van der Waals surface area contributed by atoms with E-state index in [0.29, 0.717) is 18.8 Å². The highest BCUT2D eigenvalue weighted by Crippen LogP contribution is 2.31. The van der Waals surface area contributed by atoms with Crippen LogP contribution in [0.5, 0.6) is 0 Å². The van der Waals surface area contributed by atoms with Crippen molar-refractivity contribution in [3.63, 3.8) is 0 Å². The maximum Gasteiger partial charge on any atom is 0.405 e. The van der Waals surface area contributed by atoms with Crippen LogP contribution < -0.4 is 10.6 Å². The normalized spacial score (nSPS) is 15.5. The fraction of sp³-hybridized carbons (Fsp3) is 0.429. The van der Waals surface area contributed by atoms with Gasteiger partial charge in [-0.15, -0.1) is 0 Å². The lowest BCUT2D eigenvalue weighted by Crippen LogP contribution is -2.40. The fourth-order valence-electron chi connectivity index (χ4n) is 2.54. The van der Waals surface area contributed by atoms with Gasteiger partial charge in [-0.2, -0.15) is 18.3 Å². The van der Waals surface area contributed by atoms with Crippen LogP contribution in [-0.4, -0.2) is 41.5 Å². The van der Waals surface area contributed by atoms with Crippen LogP contribution in [0, 0.1) is 11.6 Å². The van der Waals surface area contributed by atoms with Crippen LogP contribution in [0.4, 0.5) is 22.0 Å². The summed E-state index contributed by atoms with van der Waals surface area (Å²) in [4.78, 5) is 11.7. The Labute approximate surface area is 132 Å². The van der Waals surface area contributed by atoms with Crippen molar-refractivity contribution in [2.45, 2.75) is 18.6 Å². The first-order valence-corrected chi connectivity index (χ1v) is 7.15. The second-order valence-electron chi connectivity index (χ2n) is 5.54. The summed E-state index contributed by atoms with van der Waals surface area (Å²) in [6.07, 6.45) is -4.55. The Balaban J connectivity index is 1.93. The number of amides is 1. The lowest BCUT2D eigenvalue weighted by molar-refractivity contribution is -0.138. The molecular formula is C14H13F5N4O. The number of nitrogens with one attached hydrogen (secondary N) is 2. The lowest BCUT2D eigenvalue weighted by Gasteiger charge is -2.25. The molecule has 2 N–H and O–H groups in total. The zero-order chi connectivity index (χ0) is 17.5. The monoisotopic (exact) mass is 348 g/mol. The number of hydrogen-bond acceptors (Lipinski definition) is 3. The number of halogens is 5. The van der Waals surface area contributed by atoms with Crippen molar-refractivity contribution in [2.24, 2.45) is 0 Å². The zero-order valence-electron chi connectivity index (χ0n) is 12.3. The van der Waals surface area contributed by atoms with Crippen LogP contribution in [0.3, 0.4) is 0 Å². The van der Waals surface area contributed by atoms with Crippen LogP contribution in [0.25, 0.3) is 10.9 Å². The minimum atomic E-state index is -4.55. The van der Waals surface area contributed by atoms with Crippen LogP contribution >= 0.6 is 0 Å². The minimum Gasteiger partial charge on any atom is -0.345 e. The predicted octanol–water partition coefficient (Wildman–Crippen LogP) is 1.68. The van der Waals surface area contributed by atoms with Crippen molar-refractivity contribution in [3.8, 4) is 0 Å². The molecule has 24 heavy (non-hydrogen) atoms. The first kappa shape index (κ1) is 16.6. The Kier molecular flexibility index (Phi) is 4.16. The molecule has 2 heterocycles. The Morgan fingerprint density at radius 3 is 2.54 bits per heavy atom. The summed E-state index contributed by atoms with van der Waals surface area (Å²) in [7, 11) is 0. The standard InChI is InChI=1S/C14H13F5N4O/c15-8-1-2-9(16)13-11(8)12(7-3-20-4-7)22-23(13)5-10(24)21-6-14(17,18)19/h1-2,7,20H,3-6H2,(H,21,24). The van der Waals surface area contributed by atoms with Crippen LogP contribution in [0.2, 0.25) is 0 Å². The van der Waals surface area contributed by atoms with Gasteiger partial charge >= 0.3 is 6.18 Å². The molecule has 0 atom stereocenters. The van der Waals surface area contributed by atoms with E-state index in [9.17, 15) is 26.7 Å². The van der Waals surface area contributed by atoms with Crippen molar-refractivity contribution in [1.82, 2.24) is 20.4 Å². The van der Waals surface area contributed by atoms with E-state index in [0.717, 1.165) is 16.8 Å². The van der Waals surface area contributed by atoms with Crippen LogP contribution in [0.1, 0.15) is 11.6 Å². The topological polar surface area (TPSA) is 59.0 Å². The summed E-state index contributed by atoms with van der Waals surface area (Å²) in [6, 6.07) is 1.86. The molecule has 10 heteroatoms. The molecule has 0 spiro atoms. The van der Waals surface area contributed by atoms with Gasteiger partial charge in [-0.25, -0.2) is 8.78 Å². The first-order valence-electron chi connectivity index (χ1n) is 7.15. The van der Waals surface area contributed by atoms with E-state index in [1.165, 1.54) is 0 Å². The molecule has 1 saturated heterocycles. The number of carbonyl (C=O) groups is 1. The average Bonchev–Trinajstić information content (AvgIpc) is 2.78. The number of rotatable bonds is 4. The van der Waals surface area contributed by atoms with E-state index in [2.05, 4.69) is 10.4 Å². The molecule has 0 aliphatic carbocycles. The van der Waals surface area contributed by atoms with Crippen molar-refractivity contribution in [2.75, 3.05) is 19.6 Å². The predicted molar refractivity (Wildman–Crippen MR) is 74.3 cm³/mol. The minimum absolute atomic E-state index is 0.0369. The number of aromatic nitrogens is 2. The summed E-state index contributed by atoms with van der Waals surface area (Å²) in [5.74, 6) is -2.60. The second kappa shape index (κ2) is 6.00. The molecule has 1 fully saturated rings. The third-order valence-corrected chi connectivity index (χ3v) is 3.77. The molecule has 1 aliphatic rings. The molecular weight excluding hydrogens is 335 g/mol. The van der Waals surface area contributed by atoms with Crippen LogP contribution in [0.15, 0.2) is 12.1 Å². The van der Waals surface area contributed by atoms with Crippen molar-refractivity contribution < 1.29 is 26.7 Å². The Morgan fingerprint density at radius 2 is 1.96 bits per heavy atom. The highest BCUT2D eigenvalue weighted by Gasteiger charge is 2.30. The van der Waals surface area contributed by atoms with E-state index in [1.807, 2.05) is 0 Å². The molecule has 5 nitrogen and oxygen atoms in total. The fourth-order valence-corrected chi connectivity index (χ4v) is 2.54. The Bertz CT molecular complexity index is 782. The summed E-state index contributed by atoms with van der Waals surface area (Å²) < 4.78 is 65.5. The van der Waals surface area contributed by atoms with E-state index in [-0.39, 0.29) is 16.8 Å². The van der Waals surface area contributed by atoms with Crippen molar-refractivity contribution in [1.29, 1.82) is 0 Å². The maximum atomic E-state index is 14.1. The molecule has 0 saturated carbocycles. The molecule has 1 aromatic carbocycles. The van der Waals surface area contributed by atoms with Gasteiger partial charge in [0.2, 0.25) is 5.91 Å². The van der Waals surface area contributed by atoms with Gasteiger partial charge in [0, 0.05) is 19.0 Å². The number of fused-ring (bicyclic) bond motifs is 1. The average molecular weight is 348 g/mol. The second-order valence-corrected chi connectivity index (χ2v) is 5.54. The third kappa shape index (κ3) is 3.18. The van der Waals surface area contributed by atoms with Gasteiger partial charge in [-0.1, -0.05) is 0 Å². The van der Waals surface area contributed by atoms with E-state index in [1.54, 1.807) is 5.32 Å². The molecule has 1 aliphatic heterocycles. The summed E-state index contributed by atoms with van der Waals surface area (Å²) >= 11 is 0. The van der Waals surface area contributed by atoms with Gasteiger partial charge in [0.1, 0.15) is 30.2 Å². The number of carbonyl (C=O) groups excluding carboxylic acids is 1. The number of benzene rings is 1. The summed E-state index contributed by atoms with van der Waals surface area (Å²) in [5.41, 5.74) is 0.0726. The van der Waals surface area contributed by atoms with Gasteiger partial charge in [0.05, 0.1) is 11.1 Å². The van der Waals surface area contributed by atoms with E-state index < -0.39 is 36.8 Å². The number of nitrogens with zero attached hydrogens (tertiary/aromatic N) is 2. The number of alkyl halides is 3. The quantitative estimate of drug-likeness (QED) is 0.827. The van der Waals surface area contributed by atoms with Crippen molar-refractivity contribution in [3.05, 3.63) is 29.5 Å². The van der Waals surface area contributed by atoms with Gasteiger partial charge < -0.3 is 10.6 Å². The highest BCUT2D eigenvalue weighted by molar-refractivity contribution is 5.86. The first-order chi connectivity index (χ1) is 11.3. The zero-order valence-corrected chi connectivity index (χ0v) is 12.3. The van der Waals surface area contributed by atoms with Crippen LogP contribution in [-0.2, 0) is 11.3 Å². The highest BCUT2D eigenvalue weighted by atomic mass is 19.4. The van der Waals surface area contributed by atoms with Gasteiger partial charge in [0.25, 0.3) is 0 Å². The molecule has 1 amide bonds. The smallest absolute Gasteiger partial charge is 0.345 e. The Hall–Kier alpha value is -2.23. The van der Waals surface area contributed by atoms with Crippen molar-refractivity contribution >= 4 is 16.8 Å². The molecule has 0 unspecified atom stereocenters. The van der Waals surface area contributed by atoms with E-state index >= 15 is 0 Å². The van der Waals surface area contributed by atoms with E-state index in [4.69, 9.17) is 0 Å². The summed E-state index contributed by atoms with van der Waals surface area (Å²) in [5, 5.41) is 8.69. The molecule has 0 bridgehead atoms. The maximum absolute atomic E-state index is 14.1. The van der Waals surface area contributed by atoms with Gasteiger partial charge in [-0.05, 0) is 12.1 Å². The largest absolute Gasteiger partial charge is 0.405 e. The SMILES string of the molecule is O=C(Cn1nc(C2CNC2)c2c(F)ccc(F)c21)NCC(F)(F)F. The summed E-state index contributed by atoms with van der Waals surface area (Å²) in [6.45, 7) is -1.07. The Morgan fingerprint density at radius 1 is 1.29 bits per heavy atom. The molecule has 3 rings (SSSR count). The van der Waals surface area contributed by atoms with Gasteiger partial charge in [-0.3, -0.25) is 9.48 Å². The van der Waals surface area contributed by atoms with Gasteiger partial charge in [0.15, 0.2) is 0 Å². The molecule has 130 valence electrons. The third-order valence-electron chi connectivity index (χ3n) is 3.77. The molecule has 0 radical (unpaired) electrons. The number of hydrogen-bond donors (Lipinski definition) is 2.